The summed E-state index contributed by atoms with van der Waals surface area (Å²) in [6, 6.07) is 11.3. The number of alkyl halides is 5. The van der Waals surface area contributed by atoms with Gasteiger partial charge in [0.25, 0.3) is 5.91 Å². The van der Waals surface area contributed by atoms with E-state index in [9.17, 15) is 31.9 Å². The molecular formula is C20H15Cl2F5N2O3. The predicted molar refractivity (Wildman–Crippen MR) is 107 cm³/mol. The molecule has 12 heteroatoms. The molecule has 0 radical (unpaired) electrons. The maximum atomic E-state index is 14.4. The van der Waals surface area contributed by atoms with Crippen molar-refractivity contribution in [2.24, 2.45) is 5.10 Å². The fourth-order valence-corrected chi connectivity index (χ4v) is 3.48. The summed E-state index contributed by atoms with van der Waals surface area (Å²) in [6.07, 6.45) is -9.06. The van der Waals surface area contributed by atoms with Crippen LogP contribution in [-0.4, -0.2) is 45.7 Å². The molecule has 0 fully saturated rings. The summed E-state index contributed by atoms with van der Waals surface area (Å²) in [5.74, 6) is -7.21. The molecule has 5 nitrogen and oxygen atoms in total. The molecule has 1 heterocycles. The number of ether oxygens (including phenoxy) is 1. The summed E-state index contributed by atoms with van der Waals surface area (Å²) in [4.78, 5) is 12.9. The lowest BCUT2D eigenvalue weighted by molar-refractivity contribution is -0.364. The lowest BCUT2D eigenvalue weighted by atomic mass is 9.95. The Kier molecular flexibility index (Phi) is 6.43. The van der Waals surface area contributed by atoms with Crippen LogP contribution in [-0.2, 0) is 4.79 Å². The standard InChI is InChI=1S/C20H15Cl2F5N2O3/c1-11(32-16-8-7-13(21)9-14(16)22)17(30)29-18(31,19(23,24)20(25,26)27)10-15(28-29)12-5-3-2-4-6-12/h2-9,11,31H,10H2,1H3/t11-,18+/m0/s1. The minimum absolute atomic E-state index is 0.0251. The van der Waals surface area contributed by atoms with Crippen LogP contribution in [0.5, 0.6) is 5.75 Å². The van der Waals surface area contributed by atoms with E-state index in [1.807, 2.05) is 0 Å². The number of hydrazone groups is 1. The van der Waals surface area contributed by atoms with Crippen LogP contribution >= 0.6 is 23.2 Å². The Balaban J connectivity index is 1.99. The van der Waals surface area contributed by atoms with Crippen LogP contribution in [0.3, 0.4) is 0 Å². The number of nitrogens with zero attached hydrogens (tertiary/aromatic N) is 2. The largest absolute Gasteiger partial charge is 0.479 e. The van der Waals surface area contributed by atoms with Crippen molar-refractivity contribution in [3.8, 4) is 5.75 Å². The van der Waals surface area contributed by atoms with E-state index in [1.54, 1.807) is 6.07 Å². The number of carbonyl (C=O) groups is 1. The third kappa shape index (κ3) is 4.26. The van der Waals surface area contributed by atoms with Crippen molar-refractivity contribution < 1.29 is 36.6 Å². The molecule has 0 spiro atoms. The number of carbonyl (C=O) groups excluding carboxylic acids is 1. The first-order valence-electron chi connectivity index (χ1n) is 9.03. The van der Waals surface area contributed by atoms with Crippen molar-refractivity contribution in [1.82, 2.24) is 5.01 Å². The van der Waals surface area contributed by atoms with Crippen LogP contribution < -0.4 is 4.74 Å². The van der Waals surface area contributed by atoms with E-state index < -0.39 is 36.3 Å². The molecule has 0 bridgehead atoms. The number of hydrogen-bond acceptors (Lipinski definition) is 4. The topological polar surface area (TPSA) is 62.1 Å². The van der Waals surface area contributed by atoms with Gasteiger partial charge in [0.05, 0.1) is 10.7 Å². The van der Waals surface area contributed by atoms with Gasteiger partial charge in [-0.3, -0.25) is 4.79 Å². The van der Waals surface area contributed by atoms with Crippen molar-refractivity contribution in [1.29, 1.82) is 0 Å². The fourth-order valence-electron chi connectivity index (χ4n) is 3.02. The summed E-state index contributed by atoms with van der Waals surface area (Å²) in [5.41, 5.74) is -4.18. The van der Waals surface area contributed by atoms with Gasteiger partial charge in [0.15, 0.2) is 6.10 Å². The smallest absolute Gasteiger partial charge is 0.458 e. The Morgan fingerprint density at radius 1 is 1.16 bits per heavy atom. The summed E-state index contributed by atoms with van der Waals surface area (Å²) in [6.45, 7) is 1.09. The van der Waals surface area contributed by atoms with Crippen LogP contribution in [0, 0.1) is 0 Å². The van der Waals surface area contributed by atoms with E-state index >= 15 is 0 Å². The molecule has 0 saturated carbocycles. The van der Waals surface area contributed by atoms with Gasteiger partial charge in [-0.15, -0.1) is 0 Å². The van der Waals surface area contributed by atoms with E-state index in [0.717, 1.165) is 6.92 Å². The number of halogens is 7. The molecule has 0 saturated heterocycles. The lowest BCUT2D eigenvalue weighted by Gasteiger charge is -2.38. The van der Waals surface area contributed by atoms with Gasteiger partial charge in [-0.2, -0.15) is 32.1 Å². The highest BCUT2D eigenvalue weighted by atomic mass is 35.5. The zero-order valence-electron chi connectivity index (χ0n) is 16.2. The van der Waals surface area contributed by atoms with E-state index in [-0.39, 0.29) is 32.1 Å². The molecule has 0 aromatic heterocycles. The molecule has 2 atom stereocenters. The second kappa shape index (κ2) is 8.49. The first-order chi connectivity index (χ1) is 14.8. The third-order valence-corrected chi connectivity index (χ3v) is 5.24. The maximum absolute atomic E-state index is 14.4. The van der Waals surface area contributed by atoms with Crippen molar-refractivity contribution in [2.75, 3.05) is 0 Å². The third-order valence-electron chi connectivity index (χ3n) is 4.71. The Hall–Kier alpha value is -2.43. The second-order valence-corrected chi connectivity index (χ2v) is 7.81. The minimum Gasteiger partial charge on any atom is -0.479 e. The molecule has 2 aromatic carbocycles. The monoisotopic (exact) mass is 496 g/mol. The molecule has 0 aliphatic carbocycles. The van der Waals surface area contributed by atoms with Crippen LogP contribution in [0.15, 0.2) is 53.6 Å². The average molecular weight is 497 g/mol. The molecule has 1 N–H and O–H groups in total. The summed E-state index contributed by atoms with van der Waals surface area (Å²) < 4.78 is 73.6. The number of hydrogen-bond donors (Lipinski definition) is 1. The highest BCUT2D eigenvalue weighted by Gasteiger charge is 2.75. The van der Waals surface area contributed by atoms with Crippen molar-refractivity contribution in [3.63, 3.8) is 0 Å². The van der Waals surface area contributed by atoms with Gasteiger partial charge in [0.2, 0.25) is 5.72 Å². The summed E-state index contributed by atoms with van der Waals surface area (Å²) >= 11 is 11.7. The zero-order valence-corrected chi connectivity index (χ0v) is 17.7. The maximum Gasteiger partial charge on any atom is 0.458 e. The molecule has 32 heavy (non-hydrogen) atoms. The number of rotatable bonds is 5. The van der Waals surface area contributed by atoms with Gasteiger partial charge in [0, 0.05) is 11.4 Å². The number of benzene rings is 2. The molecule has 172 valence electrons. The van der Waals surface area contributed by atoms with Gasteiger partial charge in [-0.25, -0.2) is 0 Å². The van der Waals surface area contributed by atoms with Gasteiger partial charge < -0.3 is 9.84 Å². The lowest BCUT2D eigenvalue weighted by Crippen LogP contribution is -2.65. The van der Waals surface area contributed by atoms with E-state index in [2.05, 4.69) is 5.10 Å². The molecule has 3 rings (SSSR count). The molecule has 1 aliphatic rings. The highest BCUT2D eigenvalue weighted by Crippen LogP contribution is 2.49. The molecule has 1 amide bonds. The first-order valence-corrected chi connectivity index (χ1v) is 9.79. The Morgan fingerprint density at radius 2 is 1.78 bits per heavy atom. The van der Waals surface area contributed by atoms with Crippen LogP contribution in [0.1, 0.15) is 18.9 Å². The SMILES string of the molecule is C[C@H](Oc1ccc(Cl)cc1Cl)C(=O)N1N=C(c2ccccc2)C[C@@]1(O)C(F)(F)C(F)(F)F. The molecule has 0 unspecified atom stereocenters. The Bertz CT molecular complexity index is 1050. The molecule has 2 aromatic rings. The Morgan fingerprint density at radius 3 is 2.34 bits per heavy atom. The predicted octanol–water partition coefficient (Wildman–Crippen LogP) is 5.28. The van der Waals surface area contributed by atoms with E-state index in [1.165, 1.54) is 42.5 Å². The Labute approximate surface area is 189 Å². The van der Waals surface area contributed by atoms with Crippen molar-refractivity contribution in [3.05, 3.63) is 64.1 Å². The normalized spacial score (nSPS) is 20.2. The number of amides is 1. The minimum atomic E-state index is -6.16. The fraction of sp³-hybridized carbons (Fsp3) is 0.300. The van der Waals surface area contributed by atoms with Crippen molar-refractivity contribution in [2.45, 2.75) is 37.3 Å². The van der Waals surface area contributed by atoms with Crippen LogP contribution in [0.25, 0.3) is 0 Å². The quantitative estimate of drug-likeness (QED) is 0.572. The van der Waals surface area contributed by atoms with Gasteiger partial charge in [-0.1, -0.05) is 53.5 Å². The van der Waals surface area contributed by atoms with Gasteiger partial charge >= 0.3 is 12.1 Å². The molecular weight excluding hydrogens is 482 g/mol. The number of aliphatic hydroxyl groups is 1. The van der Waals surface area contributed by atoms with Crippen LogP contribution in [0.4, 0.5) is 22.0 Å². The molecule has 1 aliphatic heterocycles. The zero-order chi connectivity index (χ0) is 23.9. The second-order valence-electron chi connectivity index (χ2n) is 6.96. The van der Waals surface area contributed by atoms with Crippen molar-refractivity contribution >= 4 is 34.8 Å². The summed E-state index contributed by atoms with van der Waals surface area (Å²) in [7, 11) is 0. The van der Waals surface area contributed by atoms with Crippen LogP contribution in [0.2, 0.25) is 10.0 Å². The van der Waals surface area contributed by atoms with E-state index in [4.69, 9.17) is 27.9 Å². The first kappa shape index (κ1) is 24.2. The summed E-state index contributed by atoms with van der Waals surface area (Å²) in [5, 5.41) is 14.1. The van der Waals surface area contributed by atoms with Gasteiger partial charge in [0.1, 0.15) is 5.75 Å². The van der Waals surface area contributed by atoms with Gasteiger partial charge in [-0.05, 0) is 30.7 Å². The average Bonchev–Trinajstić information content (AvgIpc) is 3.08. The van der Waals surface area contributed by atoms with E-state index in [0.29, 0.717) is 0 Å². The highest BCUT2D eigenvalue weighted by molar-refractivity contribution is 6.35.